The Balaban J connectivity index is 0.000000156. The molecule has 0 aliphatic heterocycles. The summed E-state index contributed by atoms with van der Waals surface area (Å²) in [6.45, 7) is 3.34. The van der Waals surface area contributed by atoms with Gasteiger partial charge in [0.05, 0.1) is 0 Å². The Labute approximate surface area is 154 Å². The summed E-state index contributed by atoms with van der Waals surface area (Å²) >= 11 is 0. The molecule has 0 spiro atoms. The minimum absolute atomic E-state index is 0.162. The fourth-order valence-corrected chi connectivity index (χ4v) is 2.86. The fraction of sp³-hybridized carbons (Fsp3) is 0.0909. The number of halogens is 2. The smallest absolute Gasteiger partial charge is 0.189 e. The van der Waals surface area contributed by atoms with Crippen molar-refractivity contribution in [2.75, 3.05) is 0 Å². The predicted octanol–water partition coefficient (Wildman–Crippen LogP) is 5.14. The summed E-state index contributed by atoms with van der Waals surface area (Å²) < 4.78 is 25.7. The number of phenols is 1. The molecule has 0 amide bonds. The maximum absolute atomic E-state index is 12.8. The van der Waals surface area contributed by atoms with Gasteiger partial charge in [-0.05, 0) is 61.2 Å². The second-order valence-electron chi connectivity index (χ2n) is 6.31. The highest BCUT2D eigenvalue weighted by Crippen LogP contribution is 2.28. The third kappa shape index (κ3) is 3.62. The quantitative estimate of drug-likeness (QED) is 0.599. The molecular formula is C22H16F2O3. The molecule has 0 unspecified atom stereocenters. The van der Waals surface area contributed by atoms with Gasteiger partial charge in [0.25, 0.3) is 0 Å². The van der Waals surface area contributed by atoms with Crippen LogP contribution in [0.2, 0.25) is 0 Å². The van der Waals surface area contributed by atoms with Crippen LogP contribution in [0, 0.1) is 18.6 Å². The highest BCUT2D eigenvalue weighted by atomic mass is 19.1. The number of carbonyl (C=O) groups is 2. The number of aryl methyl sites for hydroxylation is 1. The summed E-state index contributed by atoms with van der Waals surface area (Å²) in [5, 5.41) is 11.0. The minimum atomic E-state index is -0.500. The number of phenolic OH excluding ortho intramolecular Hbond substituents is 1. The summed E-state index contributed by atoms with van der Waals surface area (Å²) in [5.41, 5.74) is 1.56. The third-order valence-corrected chi connectivity index (χ3v) is 4.35. The summed E-state index contributed by atoms with van der Waals surface area (Å²) in [5.74, 6) is -1.18. The van der Waals surface area contributed by atoms with Gasteiger partial charge in [-0.1, -0.05) is 18.2 Å². The Kier molecular flexibility index (Phi) is 4.86. The van der Waals surface area contributed by atoms with E-state index in [1.165, 1.54) is 30.3 Å². The van der Waals surface area contributed by atoms with Gasteiger partial charge < -0.3 is 5.11 Å². The zero-order chi connectivity index (χ0) is 19.7. The first-order valence-corrected chi connectivity index (χ1v) is 8.22. The standard InChI is InChI=1S/C11H7FO2.C11H9FO/c1-6-4-10(13)8-3-2-7(12)5-9(8)11(6)14;1-7-2-3-8-4-5-9(12)6-10(8)11(7)13/h2-5H,1H3;2-6,13H,1H3. The van der Waals surface area contributed by atoms with Crippen molar-refractivity contribution in [3.05, 3.63) is 88.5 Å². The van der Waals surface area contributed by atoms with Gasteiger partial charge in [0.1, 0.15) is 17.4 Å². The number of rotatable bonds is 0. The Hall–Kier alpha value is -3.34. The lowest BCUT2D eigenvalue weighted by atomic mass is 9.90. The summed E-state index contributed by atoms with van der Waals surface area (Å²) in [7, 11) is 0. The van der Waals surface area contributed by atoms with Crippen molar-refractivity contribution in [1.29, 1.82) is 0 Å². The zero-order valence-corrected chi connectivity index (χ0v) is 14.7. The molecule has 1 aliphatic rings. The van der Waals surface area contributed by atoms with Gasteiger partial charge in [0.15, 0.2) is 11.6 Å². The van der Waals surface area contributed by atoms with Crippen LogP contribution >= 0.6 is 0 Å². The number of carbonyl (C=O) groups excluding carboxylic acids is 2. The molecule has 0 heterocycles. The normalized spacial score (nSPS) is 13.0. The van der Waals surface area contributed by atoms with E-state index in [-0.39, 0.29) is 34.3 Å². The molecule has 0 radical (unpaired) electrons. The van der Waals surface area contributed by atoms with Crippen LogP contribution in [-0.2, 0) is 0 Å². The molecule has 0 fully saturated rings. The highest BCUT2D eigenvalue weighted by molar-refractivity contribution is 6.24. The van der Waals surface area contributed by atoms with E-state index >= 15 is 0 Å². The van der Waals surface area contributed by atoms with Crippen LogP contribution in [0.25, 0.3) is 10.8 Å². The third-order valence-electron chi connectivity index (χ3n) is 4.35. The molecule has 27 heavy (non-hydrogen) atoms. The molecule has 5 heteroatoms. The number of aromatic hydroxyl groups is 1. The molecular weight excluding hydrogens is 350 g/mol. The average molecular weight is 366 g/mol. The van der Waals surface area contributed by atoms with Gasteiger partial charge in [0, 0.05) is 22.1 Å². The van der Waals surface area contributed by atoms with Crippen molar-refractivity contribution in [1.82, 2.24) is 0 Å². The van der Waals surface area contributed by atoms with Crippen LogP contribution in [-0.4, -0.2) is 16.7 Å². The van der Waals surface area contributed by atoms with Crippen LogP contribution in [0.4, 0.5) is 8.78 Å². The first-order valence-electron chi connectivity index (χ1n) is 8.22. The van der Waals surface area contributed by atoms with E-state index in [9.17, 15) is 23.5 Å². The Bertz CT molecular complexity index is 1110. The Morgan fingerprint density at radius 1 is 0.815 bits per heavy atom. The molecule has 0 bridgehead atoms. The van der Waals surface area contributed by atoms with Crippen LogP contribution in [0.3, 0.4) is 0 Å². The summed E-state index contributed by atoms with van der Waals surface area (Å²) in [6.07, 6.45) is 1.28. The van der Waals surface area contributed by atoms with Crippen molar-refractivity contribution in [3.63, 3.8) is 0 Å². The molecule has 3 aromatic rings. The van der Waals surface area contributed by atoms with E-state index in [0.29, 0.717) is 11.0 Å². The number of ketones is 2. The first kappa shape index (κ1) is 18.5. The molecule has 0 atom stereocenters. The monoisotopic (exact) mass is 366 g/mol. The maximum Gasteiger partial charge on any atom is 0.189 e. The largest absolute Gasteiger partial charge is 0.507 e. The van der Waals surface area contributed by atoms with Gasteiger partial charge in [0.2, 0.25) is 0 Å². The number of fused-ring (bicyclic) bond motifs is 2. The second kappa shape index (κ2) is 7.11. The lowest BCUT2D eigenvalue weighted by molar-refractivity contribution is 0.0984. The molecule has 1 N–H and O–H groups in total. The maximum atomic E-state index is 12.8. The predicted molar refractivity (Wildman–Crippen MR) is 99.1 cm³/mol. The van der Waals surface area contributed by atoms with Crippen LogP contribution in [0.15, 0.2) is 60.2 Å². The molecule has 3 nitrogen and oxygen atoms in total. The van der Waals surface area contributed by atoms with E-state index in [1.54, 1.807) is 19.9 Å². The molecule has 1 aliphatic carbocycles. The van der Waals surface area contributed by atoms with Crippen molar-refractivity contribution >= 4 is 22.3 Å². The SMILES string of the molecule is CC1=CC(=O)c2ccc(F)cc2C1=O.Cc1ccc2ccc(F)cc2c1O. The first-order chi connectivity index (χ1) is 12.8. The molecule has 4 rings (SSSR count). The number of benzene rings is 3. The van der Waals surface area contributed by atoms with Crippen molar-refractivity contribution in [3.8, 4) is 5.75 Å². The van der Waals surface area contributed by atoms with Gasteiger partial charge in [-0.2, -0.15) is 0 Å². The van der Waals surface area contributed by atoms with Gasteiger partial charge in [-0.25, -0.2) is 8.78 Å². The lowest BCUT2D eigenvalue weighted by Crippen LogP contribution is -2.15. The van der Waals surface area contributed by atoms with E-state index in [1.807, 2.05) is 12.1 Å². The van der Waals surface area contributed by atoms with Crippen LogP contribution in [0.1, 0.15) is 33.2 Å². The van der Waals surface area contributed by atoms with Gasteiger partial charge >= 0.3 is 0 Å². The molecule has 136 valence electrons. The van der Waals surface area contributed by atoms with Gasteiger partial charge in [-0.3, -0.25) is 9.59 Å². The minimum Gasteiger partial charge on any atom is -0.507 e. The number of allylic oxidation sites excluding steroid dienone is 2. The molecule has 0 aromatic heterocycles. The second-order valence-corrected chi connectivity index (χ2v) is 6.31. The van der Waals surface area contributed by atoms with E-state index in [0.717, 1.165) is 17.0 Å². The van der Waals surface area contributed by atoms with Crippen molar-refractivity contribution in [2.24, 2.45) is 0 Å². The Morgan fingerprint density at radius 2 is 1.44 bits per heavy atom. The van der Waals surface area contributed by atoms with Crippen LogP contribution in [0.5, 0.6) is 5.75 Å². The summed E-state index contributed by atoms with van der Waals surface area (Å²) in [6, 6.07) is 11.7. The van der Waals surface area contributed by atoms with Crippen molar-refractivity contribution in [2.45, 2.75) is 13.8 Å². The molecule has 0 saturated carbocycles. The number of hydrogen-bond acceptors (Lipinski definition) is 3. The number of Topliss-reactive ketones (excluding diaryl/α,β-unsaturated/α-hetero) is 1. The zero-order valence-electron chi connectivity index (χ0n) is 14.7. The van der Waals surface area contributed by atoms with Crippen molar-refractivity contribution < 1.29 is 23.5 Å². The lowest BCUT2D eigenvalue weighted by Gasteiger charge is -2.11. The Morgan fingerprint density at radius 3 is 2.19 bits per heavy atom. The topological polar surface area (TPSA) is 54.4 Å². The average Bonchev–Trinajstić information content (AvgIpc) is 2.64. The molecule has 0 saturated heterocycles. The highest BCUT2D eigenvalue weighted by Gasteiger charge is 2.23. The number of hydrogen-bond donors (Lipinski definition) is 1. The molecule has 3 aromatic carbocycles. The van der Waals surface area contributed by atoms with E-state index in [4.69, 9.17) is 0 Å². The fourth-order valence-electron chi connectivity index (χ4n) is 2.86. The summed E-state index contributed by atoms with van der Waals surface area (Å²) in [4.78, 5) is 22.9. The van der Waals surface area contributed by atoms with E-state index < -0.39 is 5.82 Å². The van der Waals surface area contributed by atoms with Crippen LogP contribution < -0.4 is 0 Å². The van der Waals surface area contributed by atoms with Gasteiger partial charge in [-0.15, -0.1) is 0 Å². The van der Waals surface area contributed by atoms with E-state index in [2.05, 4.69) is 0 Å².